The van der Waals surface area contributed by atoms with Crippen LogP contribution < -0.4 is 10.6 Å². The zero-order valence-electron chi connectivity index (χ0n) is 11.2. The van der Waals surface area contributed by atoms with E-state index in [0.717, 1.165) is 11.3 Å². The minimum atomic E-state index is -0.0616. The van der Waals surface area contributed by atoms with Gasteiger partial charge in [-0.3, -0.25) is 4.79 Å². The highest BCUT2D eigenvalue weighted by atomic mass is 16.1. The largest absolute Gasteiger partial charge is 0.326 e. The Hall–Kier alpha value is -1.79. The van der Waals surface area contributed by atoms with E-state index in [-0.39, 0.29) is 18.0 Å². The van der Waals surface area contributed by atoms with Gasteiger partial charge in [0.25, 0.3) is 0 Å². The predicted molar refractivity (Wildman–Crippen MR) is 75.2 cm³/mol. The molecule has 0 saturated carbocycles. The van der Waals surface area contributed by atoms with Gasteiger partial charge in [0.05, 0.1) is 0 Å². The number of hydrogen-bond acceptors (Lipinski definition) is 2. The Kier molecular flexibility index (Phi) is 5.41. The third-order valence-electron chi connectivity index (χ3n) is 2.67. The van der Waals surface area contributed by atoms with Crippen molar-refractivity contribution in [3.05, 3.63) is 29.8 Å². The third kappa shape index (κ3) is 4.60. The van der Waals surface area contributed by atoms with Gasteiger partial charge in [0.1, 0.15) is 0 Å². The molecule has 3 heteroatoms. The standard InChI is InChI=1S/C15H20N2O/c1-5-7-11(2)16-12(3)14-8-6-9-15(10-14)17-13(4)18/h1,6,8-12,16H,7H2,2-4H3,(H,17,18). The van der Waals surface area contributed by atoms with Crippen molar-refractivity contribution in [2.75, 3.05) is 5.32 Å². The molecule has 1 aromatic rings. The second-order valence-corrected chi connectivity index (χ2v) is 4.50. The van der Waals surface area contributed by atoms with Crippen LogP contribution in [0, 0.1) is 12.3 Å². The summed E-state index contributed by atoms with van der Waals surface area (Å²) in [6.07, 6.45) is 5.99. The first-order valence-corrected chi connectivity index (χ1v) is 6.10. The molecule has 0 aliphatic carbocycles. The molecule has 2 unspecified atom stereocenters. The number of hydrogen-bond donors (Lipinski definition) is 2. The van der Waals surface area contributed by atoms with Crippen LogP contribution in [0.25, 0.3) is 0 Å². The zero-order valence-corrected chi connectivity index (χ0v) is 11.2. The topological polar surface area (TPSA) is 41.1 Å². The van der Waals surface area contributed by atoms with Crippen molar-refractivity contribution in [3.8, 4) is 12.3 Å². The lowest BCUT2D eigenvalue weighted by Crippen LogP contribution is -2.28. The van der Waals surface area contributed by atoms with Gasteiger partial charge in [0.2, 0.25) is 5.91 Å². The van der Waals surface area contributed by atoms with Crippen LogP contribution in [0.4, 0.5) is 5.69 Å². The monoisotopic (exact) mass is 244 g/mol. The Morgan fingerprint density at radius 1 is 1.44 bits per heavy atom. The van der Waals surface area contributed by atoms with Crippen LogP contribution in [-0.4, -0.2) is 11.9 Å². The zero-order chi connectivity index (χ0) is 13.5. The highest BCUT2D eigenvalue weighted by Gasteiger charge is 2.09. The van der Waals surface area contributed by atoms with Gasteiger partial charge in [0, 0.05) is 31.1 Å². The van der Waals surface area contributed by atoms with Gasteiger partial charge in [-0.25, -0.2) is 0 Å². The van der Waals surface area contributed by atoms with Crippen molar-refractivity contribution in [2.45, 2.75) is 39.3 Å². The lowest BCUT2D eigenvalue weighted by Gasteiger charge is -2.19. The maximum atomic E-state index is 11.0. The Bertz CT molecular complexity index is 448. The molecule has 1 rings (SSSR count). The molecule has 3 nitrogen and oxygen atoms in total. The minimum Gasteiger partial charge on any atom is -0.326 e. The van der Waals surface area contributed by atoms with E-state index in [0.29, 0.717) is 6.42 Å². The summed E-state index contributed by atoms with van der Waals surface area (Å²) in [6.45, 7) is 5.65. The Morgan fingerprint density at radius 3 is 2.78 bits per heavy atom. The second-order valence-electron chi connectivity index (χ2n) is 4.50. The summed E-state index contributed by atoms with van der Waals surface area (Å²) in [7, 11) is 0. The van der Waals surface area contributed by atoms with Crippen molar-refractivity contribution in [3.63, 3.8) is 0 Å². The molecular formula is C15H20N2O. The van der Waals surface area contributed by atoms with E-state index in [9.17, 15) is 4.79 Å². The Morgan fingerprint density at radius 2 is 2.17 bits per heavy atom. The molecular weight excluding hydrogens is 224 g/mol. The van der Waals surface area contributed by atoms with Gasteiger partial charge >= 0.3 is 0 Å². The van der Waals surface area contributed by atoms with Crippen LogP contribution in [0.5, 0.6) is 0 Å². The van der Waals surface area contributed by atoms with Gasteiger partial charge in [-0.05, 0) is 31.5 Å². The molecule has 0 spiro atoms. The first kappa shape index (κ1) is 14.3. The molecule has 0 bridgehead atoms. The van der Waals surface area contributed by atoms with Crippen molar-refractivity contribution in [2.24, 2.45) is 0 Å². The highest BCUT2D eigenvalue weighted by Crippen LogP contribution is 2.18. The molecule has 1 amide bonds. The number of terminal acetylenes is 1. The number of nitrogens with one attached hydrogen (secondary N) is 2. The van der Waals surface area contributed by atoms with Gasteiger partial charge in [-0.1, -0.05) is 12.1 Å². The summed E-state index contributed by atoms with van der Waals surface area (Å²) in [4.78, 5) is 11.0. The van der Waals surface area contributed by atoms with Crippen LogP contribution in [0.2, 0.25) is 0 Å². The summed E-state index contributed by atoms with van der Waals surface area (Å²) < 4.78 is 0. The van der Waals surface area contributed by atoms with Gasteiger partial charge in [-0.15, -0.1) is 12.3 Å². The lowest BCUT2D eigenvalue weighted by molar-refractivity contribution is -0.114. The summed E-state index contributed by atoms with van der Waals surface area (Å²) in [6, 6.07) is 8.29. The number of rotatable bonds is 5. The maximum absolute atomic E-state index is 11.0. The molecule has 0 radical (unpaired) electrons. The van der Waals surface area contributed by atoms with E-state index in [1.165, 1.54) is 6.92 Å². The van der Waals surface area contributed by atoms with Crippen LogP contribution in [0.15, 0.2) is 24.3 Å². The second kappa shape index (κ2) is 6.83. The van der Waals surface area contributed by atoms with Crippen LogP contribution in [0.3, 0.4) is 0 Å². The molecule has 2 atom stereocenters. The van der Waals surface area contributed by atoms with Gasteiger partial charge in [-0.2, -0.15) is 0 Å². The molecule has 0 aliphatic rings. The predicted octanol–water partition coefficient (Wildman–Crippen LogP) is 2.71. The molecule has 0 saturated heterocycles. The Labute approximate surface area is 109 Å². The number of benzene rings is 1. The molecule has 0 aliphatic heterocycles. The summed E-state index contributed by atoms with van der Waals surface area (Å²) in [5.74, 6) is 2.58. The number of amides is 1. The van der Waals surface area contributed by atoms with Crippen molar-refractivity contribution < 1.29 is 4.79 Å². The number of anilines is 1. The SMILES string of the molecule is C#CCC(C)NC(C)c1cccc(NC(C)=O)c1. The van der Waals surface area contributed by atoms with Gasteiger partial charge in [0.15, 0.2) is 0 Å². The molecule has 1 aromatic carbocycles. The highest BCUT2D eigenvalue weighted by molar-refractivity contribution is 5.88. The molecule has 2 N–H and O–H groups in total. The van der Waals surface area contributed by atoms with E-state index in [4.69, 9.17) is 6.42 Å². The average Bonchev–Trinajstić information content (AvgIpc) is 2.28. The summed E-state index contributed by atoms with van der Waals surface area (Å²) >= 11 is 0. The molecule has 18 heavy (non-hydrogen) atoms. The van der Waals surface area contributed by atoms with Crippen molar-refractivity contribution in [1.82, 2.24) is 5.32 Å². The van der Waals surface area contributed by atoms with Crippen molar-refractivity contribution in [1.29, 1.82) is 0 Å². The fourth-order valence-corrected chi connectivity index (χ4v) is 1.85. The fraction of sp³-hybridized carbons (Fsp3) is 0.400. The average molecular weight is 244 g/mol. The van der Waals surface area contributed by atoms with E-state index in [1.54, 1.807) is 0 Å². The molecule has 0 fully saturated rings. The van der Waals surface area contributed by atoms with Crippen LogP contribution in [-0.2, 0) is 4.79 Å². The first-order chi connectivity index (χ1) is 8.52. The normalized spacial score (nSPS) is 13.4. The molecule has 0 heterocycles. The van der Waals surface area contributed by atoms with E-state index < -0.39 is 0 Å². The Balaban J connectivity index is 2.71. The smallest absolute Gasteiger partial charge is 0.221 e. The first-order valence-electron chi connectivity index (χ1n) is 6.10. The minimum absolute atomic E-state index is 0.0616. The third-order valence-corrected chi connectivity index (χ3v) is 2.67. The van der Waals surface area contributed by atoms with Crippen LogP contribution in [0.1, 0.15) is 38.8 Å². The van der Waals surface area contributed by atoms with Gasteiger partial charge < -0.3 is 10.6 Å². The van der Waals surface area contributed by atoms with E-state index in [2.05, 4.69) is 30.4 Å². The lowest BCUT2D eigenvalue weighted by atomic mass is 10.1. The molecule has 0 aromatic heterocycles. The maximum Gasteiger partial charge on any atom is 0.221 e. The summed E-state index contributed by atoms with van der Waals surface area (Å²) in [5, 5.41) is 6.20. The van der Waals surface area contributed by atoms with Crippen molar-refractivity contribution >= 4 is 11.6 Å². The number of carbonyl (C=O) groups excluding carboxylic acids is 1. The summed E-state index contributed by atoms with van der Waals surface area (Å²) in [5.41, 5.74) is 1.95. The van der Waals surface area contributed by atoms with E-state index >= 15 is 0 Å². The number of carbonyl (C=O) groups is 1. The van der Waals surface area contributed by atoms with Crippen LogP contribution >= 0.6 is 0 Å². The fourth-order valence-electron chi connectivity index (χ4n) is 1.85. The van der Waals surface area contributed by atoms with E-state index in [1.807, 2.05) is 24.3 Å². The molecule has 96 valence electrons. The quantitative estimate of drug-likeness (QED) is 0.782.